The molecule has 21 heavy (non-hydrogen) atoms. The highest BCUT2D eigenvalue weighted by atomic mass is 16.3. The van der Waals surface area contributed by atoms with E-state index in [9.17, 15) is 9.90 Å². The fourth-order valence-electron chi connectivity index (χ4n) is 2.57. The lowest BCUT2D eigenvalue weighted by Gasteiger charge is -2.21. The molecule has 0 aromatic carbocycles. The van der Waals surface area contributed by atoms with E-state index >= 15 is 0 Å². The number of aliphatic hydroxyl groups is 2. The third-order valence-electron chi connectivity index (χ3n) is 3.63. The van der Waals surface area contributed by atoms with Crippen LogP contribution in [0.5, 0.6) is 0 Å². The maximum Gasteiger partial charge on any atom is 0.244 e. The van der Waals surface area contributed by atoms with Gasteiger partial charge in [0.25, 0.3) is 0 Å². The minimum absolute atomic E-state index is 0.0267. The van der Waals surface area contributed by atoms with Crippen LogP contribution in [-0.4, -0.2) is 81.1 Å². The summed E-state index contributed by atoms with van der Waals surface area (Å²) in [5.74, 6) is -0.0267. The lowest BCUT2D eigenvalue weighted by molar-refractivity contribution is -0.132. The van der Waals surface area contributed by atoms with Gasteiger partial charge in [-0.1, -0.05) is 0 Å². The number of rotatable bonds is 5. The summed E-state index contributed by atoms with van der Waals surface area (Å²) >= 11 is 0. The van der Waals surface area contributed by atoms with Crippen molar-refractivity contribution < 1.29 is 15.0 Å². The number of aliphatic hydroxyl groups excluding tert-OH is 2. The molecule has 0 spiro atoms. The summed E-state index contributed by atoms with van der Waals surface area (Å²) in [6.07, 6.45) is 3.70. The van der Waals surface area contributed by atoms with Gasteiger partial charge in [0.05, 0.1) is 12.3 Å². The van der Waals surface area contributed by atoms with Gasteiger partial charge >= 0.3 is 0 Å². The van der Waals surface area contributed by atoms with E-state index in [1.807, 2.05) is 13.1 Å². The molecule has 1 amide bonds. The van der Waals surface area contributed by atoms with Gasteiger partial charge in [-0.25, -0.2) is 0 Å². The van der Waals surface area contributed by atoms with Crippen molar-refractivity contribution in [2.24, 2.45) is 0 Å². The maximum absolute atomic E-state index is 12.3. The average molecular weight is 296 g/mol. The highest BCUT2D eigenvalue weighted by Crippen LogP contribution is 2.06. The molecule has 0 radical (unpaired) electrons. The van der Waals surface area contributed by atoms with E-state index in [4.69, 9.17) is 5.11 Å². The first-order valence-corrected chi connectivity index (χ1v) is 7.36. The quantitative estimate of drug-likeness (QED) is 0.734. The summed E-state index contributed by atoms with van der Waals surface area (Å²) in [4.78, 5) is 16.1. The second-order valence-corrected chi connectivity index (χ2v) is 5.59. The molecular formula is C14H24N4O3. The van der Waals surface area contributed by atoms with Crippen molar-refractivity contribution in [2.75, 3.05) is 39.3 Å². The monoisotopic (exact) mass is 296 g/mol. The first-order valence-electron chi connectivity index (χ1n) is 7.36. The Hall–Kier alpha value is -1.44. The molecule has 0 unspecified atom stereocenters. The van der Waals surface area contributed by atoms with Crippen LogP contribution in [0.2, 0.25) is 0 Å². The van der Waals surface area contributed by atoms with Crippen LogP contribution < -0.4 is 0 Å². The molecule has 1 aliphatic heterocycles. The van der Waals surface area contributed by atoms with Crippen LogP contribution in [0.25, 0.3) is 0 Å². The molecular weight excluding hydrogens is 272 g/mol. The molecule has 1 aliphatic rings. The molecule has 7 nitrogen and oxygen atoms in total. The number of amides is 1. The lowest BCUT2D eigenvalue weighted by atomic mass is 10.3. The average Bonchev–Trinajstić information content (AvgIpc) is 2.74. The van der Waals surface area contributed by atoms with E-state index < -0.39 is 6.10 Å². The normalized spacial score (nSPS) is 20.5. The highest BCUT2D eigenvalue weighted by Gasteiger charge is 2.24. The Kier molecular flexibility index (Phi) is 5.72. The zero-order valence-corrected chi connectivity index (χ0v) is 12.5. The van der Waals surface area contributed by atoms with E-state index in [0.717, 1.165) is 18.7 Å². The smallest absolute Gasteiger partial charge is 0.244 e. The number of carbonyl (C=O) groups is 1. The van der Waals surface area contributed by atoms with Crippen LogP contribution in [0.3, 0.4) is 0 Å². The molecule has 2 rings (SSSR count). The lowest BCUT2D eigenvalue weighted by Crippen LogP contribution is -2.39. The topological polar surface area (TPSA) is 81.8 Å². The van der Waals surface area contributed by atoms with Gasteiger partial charge in [0.15, 0.2) is 0 Å². The number of hydrogen-bond acceptors (Lipinski definition) is 5. The van der Waals surface area contributed by atoms with E-state index in [2.05, 4.69) is 10.00 Å². The Morgan fingerprint density at radius 1 is 1.43 bits per heavy atom. The van der Waals surface area contributed by atoms with Crippen LogP contribution in [0.4, 0.5) is 0 Å². The van der Waals surface area contributed by atoms with Gasteiger partial charge in [0.2, 0.25) is 5.91 Å². The van der Waals surface area contributed by atoms with Gasteiger partial charge in [0.1, 0.15) is 6.54 Å². The Bertz CT molecular complexity index is 463. The van der Waals surface area contributed by atoms with Crippen molar-refractivity contribution in [3.63, 3.8) is 0 Å². The number of hydrogen-bond donors (Lipinski definition) is 2. The van der Waals surface area contributed by atoms with Gasteiger partial charge in [0, 0.05) is 45.5 Å². The Balaban J connectivity index is 1.89. The van der Waals surface area contributed by atoms with Gasteiger partial charge in [-0.15, -0.1) is 0 Å². The molecule has 1 saturated heterocycles. The molecule has 0 saturated carbocycles. The molecule has 1 atom stereocenters. The first-order chi connectivity index (χ1) is 10.1. The molecule has 1 fully saturated rings. The van der Waals surface area contributed by atoms with E-state index in [1.165, 1.54) is 0 Å². The van der Waals surface area contributed by atoms with E-state index in [0.29, 0.717) is 26.1 Å². The Morgan fingerprint density at radius 3 is 2.90 bits per heavy atom. The summed E-state index contributed by atoms with van der Waals surface area (Å²) < 4.78 is 1.62. The number of carbonyl (C=O) groups excluding carboxylic acids is 1. The second kappa shape index (κ2) is 7.53. The van der Waals surface area contributed by atoms with Gasteiger partial charge in [-0.2, -0.15) is 5.10 Å². The van der Waals surface area contributed by atoms with Crippen LogP contribution in [0.1, 0.15) is 12.0 Å². The minimum atomic E-state index is -0.547. The Labute approximate surface area is 124 Å². The number of aryl methyl sites for hydroxylation is 1. The molecule has 1 aromatic heterocycles. The van der Waals surface area contributed by atoms with Crippen molar-refractivity contribution in [1.82, 2.24) is 19.6 Å². The van der Waals surface area contributed by atoms with Crippen molar-refractivity contribution in [3.05, 3.63) is 18.0 Å². The molecule has 2 N–H and O–H groups in total. The van der Waals surface area contributed by atoms with Crippen LogP contribution in [-0.2, 0) is 11.3 Å². The predicted molar refractivity (Wildman–Crippen MR) is 77.7 cm³/mol. The molecule has 0 aliphatic carbocycles. The van der Waals surface area contributed by atoms with Crippen LogP contribution in [0, 0.1) is 6.92 Å². The fraction of sp³-hybridized carbons (Fsp3) is 0.714. The largest absolute Gasteiger partial charge is 0.396 e. The molecule has 2 heterocycles. The van der Waals surface area contributed by atoms with E-state index in [1.54, 1.807) is 15.8 Å². The zero-order valence-electron chi connectivity index (χ0n) is 12.5. The first kappa shape index (κ1) is 15.9. The summed E-state index contributed by atoms with van der Waals surface area (Å²) in [7, 11) is 0. The summed E-state index contributed by atoms with van der Waals surface area (Å²) in [5.41, 5.74) is 1.02. The van der Waals surface area contributed by atoms with Gasteiger partial charge in [-0.05, 0) is 18.9 Å². The number of β-amino-alcohol motifs (C(OH)–C–C–N with tert-alkyl or cyclic N) is 1. The van der Waals surface area contributed by atoms with E-state index in [-0.39, 0.29) is 19.1 Å². The minimum Gasteiger partial charge on any atom is -0.396 e. The van der Waals surface area contributed by atoms with Crippen molar-refractivity contribution in [1.29, 1.82) is 0 Å². The number of nitrogens with zero attached hydrogens (tertiary/aromatic N) is 4. The number of aromatic nitrogens is 2. The van der Waals surface area contributed by atoms with Crippen LogP contribution in [0.15, 0.2) is 12.4 Å². The summed E-state index contributed by atoms with van der Waals surface area (Å²) in [5, 5.41) is 23.0. The second-order valence-electron chi connectivity index (χ2n) is 5.59. The molecule has 7 heteroatoms. The van der Waals surface area contributed by atoms with Gasteiger partial charge in [-0.3, -0.25) is 14.4 Å². The summed E-state index contributed by atoms with van der Waals surface area (Å²) in [6, 6.07) is 0. The van der Waals surface area contributed by atoms with Crippen LogP contribution >= 0.6 is 0 Å². The maximum atomic E-state index is 12.3. The van der Waals surface area contributed by atoms with Crippen molar-refractivity contribution in [3.8, 4) is 0 Å². The third kappa shape index (κ3) is 4.80. The Morgan fingerprint density at radius 2 is 2.24 bits per heavy atom. The molecule has 1 aromatic rings. The van der Waals surface area contributed by atoms with Crippen molar-refractivity contribution >= 4 is 5.91 Å². The predicted octanol–water partition coefficient (Wildman–Crippen LogP) is -0.921. The SMILES string of the molecule is Cc1cnn(CC(=O)N2CCN(CCCO)C[C@H](O)C2)c1. The third-order valence-corrected chi connectivity index (χ3v) is 3.63. The summed E-state index contributed by atoms with van der Waals surface area (Å²) in [6.45, 7) is 5.25. The highest BCUT2D eigenvalue weighted by molar-refractivity contribution is 5.76. The standard InChI is InChI=1S/C14H24N4O3/c1-12-7-15-18(8-12)11-14(21)17-5-4-16(3-2-6-19)9-13(20)10-17/h7-8,13,19-20H,2-6,9-11H2,1H3/t13-/m0/s1. The fourth-order valence-corrected chi connectivity index (χ4v) is 2.57. The van der Waals surface area contributed by atoms with Crippen molar-refractivity contribution in [2.45, 2.75) is 26.0 Å². The molecule has 0 bridgehead atoms. The zero-order chi connectivity index (χ0) is 15.2. The molecule has 118 valence electrons. The van der Waals surface area contributed by atoms with Gasteiger partial charge < -0.3 is 15.1 Å².